The van der Waals surface area contributed by atoms with Gasteiger partial charge in [0.1, 0.15) is 0 Å². The molecule has 0 N–H and O–H groups in total. The maximum Gasteiger partial charge on any atom is 0.255 e. The first-order valence-electron chi connectivity index (χ1n) is 5.06. The van der Waals surface area contributed by atoms with Gasteiger partial charge in [-0.1, -0.05) is 6.07 Å². The van der Waals surface area contributed by atoms with Gasteiger partial charge >= 0.3 is 0 Å². The molecule has 1 aromatic rings. The average molecular weight is 192 g/mol. The Bertz CT molecular complexity index is 383. The van der Waals surface area contributed by atoms with Crippen LogP contribution in [0.25, 0.3) is 0 Å². The van der Waals surface area contributed by atoms with E-state index in [4.69, 9.17) is 0 Å². The first kappa shape index (κ1) is 9.46. The molecule has 1 aromatic heterocycles. The van der Waals surface area contributed by atoms with Crippen molar-refractivity contribution in [2.75, 3.05) is 13.6 Å². The van der Waals surface area contributed by atoms with Crippen molar-refractivity contribution in [1.29, 1.82) is 0 Å². The Balaban J connectivity index is 2.41. The van der Waals surface area contributed by atoms with Crippen LogP contribution in [0.5, 0.6) is 0 Å². The number of aryl methyl sites for hydroxylation is 1. The van der Waals surface area contributed by atoms with Crippen molar-refractivity contribution in [1.82, 2.24) is 9.47 Å². The highest BCUT2D eigenvalue weighted by Gasteiger charge is 2.24. The largest absolute Gasteiger partial charge is 0.318 e. The molecule has 1 unspecified atom stereocenters. The predicted molar refractivity (Wildman–Crippen MR) is 56.3 cm³/mol. The summed E-state index contributed by atoms with van der Waals surface area (Å²) in [5.41, 5.74) is 1.08. The Kier molecular flexibility index (Phi) is 2.42. The van der Waals surface area contributed by atoms with Gasteiger partial charge in [-0.25, -0.2) is 0 Å². The fourth-order valence-corrected chi connectivity index (χ4v) is 2.18. The summed E-state index contributed by atoms with van der Waals surface area (Å²) in [5.74, 6) is 0. The minimum atomic E-state index is 0.145. The number of nitrogens with zero attached hydrogens (tertiary/aromatic N) is 2. The first-order chi connectivity index (χ1) is 6.70. The van der Waals surface area contributed by atoms with Crippen molar-refractivity contribution in [3.8, 4) is 0 Å². The van der Waals surface area contributed by atoms with E-state index in [1.807, 2.05) is 12.1 Å². The zero-order chi connectivity index (χ0) is 10.1. The normalized spacial score (nSPS) is 22.9. The molecule has 1 fully saturated rings. The molecule has 0 amide bonds. The molecule has 0 aliphatic carbocycles. The number of hydrogen-bond acceptors (Lipinski definition) is 2. The molecule has 2 rings (SSSR count). The summed E-state index contributed by atoms with van der Waals surface area (Å²) in [6, 6.07) is 4.23. The van der Waals surface area contributed by atoms with Gasteiger partial charge in [-0.2, -0.15) is 0 Å². The van der Waals surface area contributed by atoms with E-state index < -0.39 is 0 Å². The van der Waals surface area contributed by atoms with Gasteiger partial charge in [0.2, 0.25) is 0 Å². The fourth-order valence-electron chi connectivity index (χ4n) is 2.18. The average Bonchev–Trinajstić information content (AvgIpc) is 2.57. The molecule has 14 heavy (non-hydrogen) atoms. The third kappa shape index (κ3) is 1.48. The van der Waals surface area contributed by atoms with Crippen molar-refractivity contribution in [2.45, 2.75) is 18.9 Å². The van der Waals surface area contributed by atoms with E-state index in [0.717, 1.165) is 18.5 Å². The molecule has 2 heterocycles. The molecular weight excluding hydrogens is 176 g/mol. The summed E-state index contributed by atoms with van der Waals surface area (Å²) in [6.07, 6.45) is 4.11. The number of pyridine rings is 1. The smallest absolute Gasteiger partial charge is 0.255 e. The van der Waals surface area contributed by atoms with E-state index in [0.29, 0.717) is 6.04 Å². The van der Waals surface area contributed by atoms with Crippen LogP contribution < -0.4 is 5.56 Å². The molecule has 0 spiro atoms. The number of likely N-dealkylation sites (tertiary alicyclic amines) is 1. The van der Waals surface area contributed by atoms with Gasteiger partial charge in [0, 0.05) is 24.8 Å². The molecule has 0 radical (unpaired) electrons. The Labute approximate surface area is 84.0 Å². The minimum absolute atomic E-state index is 0.145. The lowest BCUT2D eigenvalue weighted by molar-refractivity contribution is 0.314. The third-order valence-electron chi connectivity index (χ3n) is 3.03. The van der Waals surface area contributed by atoms with E-state index in [-0.39, 0.29) is 5.56 Å². The second-order valence-corrected chi connectivity index (χ2v) is 4.02. The Hall–Kier alpha value is -1.09. The van der Waals surface area contributed by atoms with Gasteiger partial charge in [0.15, 0.2) is 0 Å². The molecule has 1 atom stereocenters. The molecular formula is C11H16N2O. The van der Waals surface area contributed by atoms with Crippen molar-refractivity contribution < 1.29 is 0 Å². The lowest BCUT2D eigenvalue weighted by atomic mass is 10.1. The van der Waals surface area contributed by atoms with Crippen LogP contribution in [0.3, 0.4) is 0 Å². The van der Waals surface area contributed by atoms with E-state index in [1.165, 1.54) is 6.42 Å². The van der Waals surface area contributed by atoms with Gasteiger partial charge in [-0.15, -0.1) is 0 Å². The quantitative estimate of drug-likeness (QED) is 0.667. The summed E-state index contributed by atoms with van der Waals surface area (Å²) in [6.45, 7) is 1.10. The molecule has 1 aliphatic rings. The second-order valence-electron chi connectivity index (χ2n) is 4.02. The highest BCUT2D eigenvalue weighted by atomic mass is 16.1. The molecule has 0 saturated carbocycles. The Morgan fingerprint density at radius 2 is 2.21 bits per heavy atom. The van der Waals surface area contributed by atoms with Crippen molar-refractivity contribution in [3.05, 3.63) is 34.2 Å². The summed E-state index contributed by atoms with van der Waals surface area (Å²) in [4.78, 5) is 14.1. The van der Waals surface area contributed by atoms with Crippen molar-refractivity contribution in [2.24, 2.45) is 7.05 Å². The summed E-state index contributed by atoms with van der Waals surface area (Å²) >= 11 is 0. The summed E-state index contributed by atoms with van der Waals surface area (Å²) in [7, 11) is 3.89. The molecule has 0 aromatic carbocycles. The van der Waals surface area contributed by atoms with Crippen molar-refractivity contribution in [3.63, 3.8) is 0 Å². The maximum absolute atomic E-state index is 11.8. The minimum Gasteiger partial charge on any atom is -0.318 e. The topological polar surface area (TPSA) is 25.2 Å². The highest BCUT2D eigenvalue weighted by molar-refractivity contribution is 5.16. The van der Waals surface area contributed by atoms with Gasteiger partial charge in [-0.3, -0.25) is 9.69 Å². The number of aromatic nitrogens is 1. The van der Waals surface area contributed by atoms with Crippen LogP contribution in [-0.4, -0.2) is 23.1 Å². The standard InChI is InChI=1S/C11H16N2O/c1-12-7-4-6-10(12)9-5-3-8-13(2)11(9)14/h3,5,8,10H,4,6-7H2,1-2H3. The van der Waals surface area contributed by atoms with Crippen LogP contribution in [0.4, 0.5) is 0 Å². The number of rotatable bonds is 1. The van der Waals surface area contributed by atoms with Crippen molar-refractivity contribution >= 4 is 0 Å². The van der Waals surface area contributed by atoms with Gasteiger partial charge in [-0.05, 0) is 32.5 Å². The zero-order valence-electron chi connectivity index (χ0n) is 8.73. The Morgan fingerprint density at radius 3 is 2.86 bits per heavy atom. The first-order valence-corrected chi connectivity index (χ1v) is 5.06. The fraction of sp³-hybridized carbons (Fsp3) is 0.545. The predicted octanol–water partition coefficient (Wildman–Crippen LogP) is 1.15. The molecule has 3 nitrogen and oxygen atoms in total. The molecule has 1 saturated heterocycles. The zero-order valence-corrected chi connectivity index (χ0v) is 8.73. The van der Waals surface area contributed by atoms with Crippen LogP contribution in [0, 0.1) is 0 Å². The maximum atomic E-state index is 11.8. The van der Waals surface area contributed by atoms with E-state index in [1.54, 1.807) is 17.8 Å². The monoisotopic (exact) mass is 192 g/mol. The molecule has 1 aliphatic heterocycles. The lowest BCUT2D eigenvalue weighted by Gasteiger charge is -2.19. The van der Waals surface area contributed by atoms with Crippen LogP contribution in [0.1, 0.15) is 24.4 Å². The van der Waals surface area contributed by atoms with E-state index >= 15 is 0 Å². The van der Waals surface area contributed by atoms with E-state index in [9.17, 15) is 4.79 Å². The van der Waals surface area contributed by atoms with Crippen LogP contribution >= 0.6 is 0 Å². The highest BCUT2D eigenvalue weighted by Crippen LogP contribution is 2.27. The van der Waals surface area contributed by atoms with Crippen LogP contribution in [0.15, 0.2) is 23.1 Å². The Morgan fingerprint density at radius 1 is 1.43 bits per heavy atom. The SMILES string of the molecule is CN1CCCC1c1cccn(C)c1=O. The van der Waals surface area contributed by atoms with Gasteiger partial charge in [0.25, 0.3) is 5.56 Å². The summed E-state index contributed by atoms with van der Waals surface area (Å²) < 4.78 is 1.65. The number of hydrogen-bond donors (Lipinski definition) is 0. The van der Waals surface area contributed by atoms with Crippen LogP contribution in [0.2, 0.25) is 0 Å². The molecule has 0 bridgehead atoms. The van der Waals surface area contributed by atoms with Gasteiger partial charge < -0.3 is 4.57 Å². The molecule has 76 valence electrons. The van der Waals surface area contributed by atoms with Gasteiger partial charge in [0.05, 0.1) is 0 Å². The van der Waals surface area contributed by atoms with Crippen LogP contribution in [-0.2, 0) is 7.05 Å². The molecule has 3 heteroatoms. The second kappa shape index (κ2) is 3.58. The van der Waals surface area contributed by atoms with E-state index in [2.05, 4.69) is 11.9 Å². The lowest BCUT2D eigenvalue weighted by Crippen LogP contribution is -2.27. The summed E-state index contributed by atoms with van der Waals surface area (Å²) in [5, 5.41) is 0. The third-order valence-corrected chi connectivity index (χ3v) is 3.03.